The lowest BCUT2D eigenvalue weighted by molar-refractivity contribution is 0.0879. The van der Waals surface area contributed by atoms with Gasteiger partial charge in [-0.05, 0) is 37.6 Å². The van der Waals surface area contributed by atoms with E-state index in [4.69, 9.17) is 0 Å². The second-order valence-electron chi connectivity index (χ2n) is 4.96. The van der Waals surface area contributed by atoms with Gasteiger partial charge in [-0.2, -0.15) is 0 Å². The molecule has 1 fully saturated rings. The number of nitrogens with zero attached hydrogens (tertiary/aromatic N) is 1. The van der Waals surface area contributed by atoms with Crippen LogP contribution >= 0.6 is 0 Å². The maximum atomic E-state index is 11.8. The van der Waals surface area contributed by atoms with Gasteiger partial charge in [-0.25, -0.2) is 0 Å². The van der Waals surface area contributed by atoms with E-state index in [9.17, 15) is 9.59 Å². The highest BCUT2D eigenvalue weighted by Crippen LogP contribution is 2.22. The van der Waals surface area contributed by atoms with Gasteiger partial charge in [-0.15, -0.1) is 0 Å². The van der Waals surface area contributed by atoms with E-state index in [0.717, 1.165) is 25.2 Å². The summed E-state index contributed by atoms with van der Waals surface area (Å²) in [5.41, 5.74) is 2.07. The number of imide groups is 1. The van der Waals surface area contributed by atoms with Crippen LogP contribution in [0.15, 0.2) is 18.2 Å². The zero-order valence-electron chi connectivity index (χ0n) is 10.2. The Balaban J connectivity index is 1.89. The first-order chi connectivity index (χ1) is 8.75. The molecule has 18 heavy (non-hydrogen) atoms. The average Bonchev–Trinajstić information content (AvgIpc) is 2.67. The standard InChI is InChI=1S/C14H16N2O2/c17-13-11-6-4-5-10(12(11)14(18)15-13)9-16-7-2-1-3-8-16/h4-6H,1-3,7-9H2,(H,15,17,18). The summed E-state index contributed by atoms with van der Waals surface area (Å²) in [4.78, 5) is 25.7. The SMILES string of the molecule is O=C1NC(=O)c2c(CN3CCCCC3)cccc21. The van der Waals surface area contributed by atoms with Crippen LogP contribution < -0.4 is 5.32 Å². The number of hydrogen-bond donors (Lipinski definition) is 1. The van der Waals surface area contributed by atoms with Gasteiger partial charge < -0.3 is 0 Å². The molecule has 1 aromatic carbocycles. The van der Waals surface area contributed by atoms with Gasteiger partial charge in [0, 0.05) is 6.54 Å². The fourth-order valence-corrected chi connectivity index (χ4v) is 2.78. The van der Waals surface area contributed by atoms with Crippen molar-refractivity contribution in [2.45, 2.75) is 25.8 Å². The van der Waals surface area contributed by atoms with Crippen molar-refractivity contribution in [1.82, 2.24) is 10.2 Å². The van der Waals surface area contributed by atoms with Gasteiger partial charge in [0.1, 0.15) is 0 Å². The van der Waals surface area contributed by atoms with Crippen molar-refractivity contribution in [3.63, 3.8) is 0 Å². The van der Waals surface area contributed by atoms with Crippen LogP contribution in [0.3, 0.4) is 0 Å². The molecule has 0 bridgehead atoms. The molecular formula is C14H16N2O2. The highest BCUT2D eigenvalue weighted by atomic mass is 16.2. The van der Waals surface area contributed by atoms with Crippen molar-refractivity contribution in [2.75, 3.05) is 13.1 Å². The molecule has 0 aliphatic carbocycles. The van der Waals surface area contributed by atoms with Crippen LogP contribution in [0.5, 0.6) is 0 Å². The number of benzene rings is 1. The summed E-state index contributed by atoms with van der Waals surface area (Å²) in [6.07, 6.45) is 3.74. The normalized spacial score (nSPS) is 19.8. The second-order valence-corrected chi connectivity index (χ2v) is 4.96. The van der Waals surface area contributed by atoms with E-state index in [1.165, 1.54) is 19.3 Å². The molecule has 3 rings (SSSR count). The first-order valence-electron chi connectivity index (χ1n) is 6.45. The van der Waals surface area contributed by atoms with Gasteiger partial charge in [0.15, 0.2) is 0 Å². The Bertz CT molecular complexity index is 505. The molecule has 0 saturated carbocycles. The molecule has 2 aliphatic rings. The van der Waals surface area contributed by atoms with Crippen LogP contribution in [-0.4, -0.2) is 29.8 Å². The molecule has 1 aromatic rings. The number of fused-ring (bicyclic) bond motifs is 1. The average molecular weight is 244 g/mol. The summed E-state index contributed by atoms with van der Waals surface area (Å²) >= 11 is 0. The van der Waals surface area contributed by atoms with E-state index >= 15 is 0 Å². The molecule has 0 aromatic heterocycles. The summed E-state index contributed by atoms with van der Waals surface area (Å²) < 4.78 is 0. The Morgan fingerprint density at radius 2 is 1.83 bits per heavy atom. The molecular weight excluding hydrogens is 228 g/mol. The second kappa shape index (κ2) is 4.53. The van der Waals surface area contributed by atoms with E-state index in [-0.39, 0.29) is 11.8 Å². The van der Waals surface area contributed by atoms with Gasteiger partial charge in [-0.3, -0.25) is 19.8 Å². The Labute approximate surface area is 106 Å². The summed E-state index contributed by atoms with van der Waals surface area (Å²) in [6.45, 7) is 2.93. The molecule has 0 atom stereocenters. The highest BCUT2D eigenvalue weighted by molar-refractivity contribution is 6.22. The van der Waals surface area contributed by atoms with E-state index in [2.05, 4.69) is 10.2 Å². The molecule has 2 aliphatic heterocycles. The topological polar surface area (TPSA) is 49.4 Å². The number of carbonyl (C=O) groups excluding carboxylic acids is 2. The maximum Gasteiger partial charge on any atom is 0.259 e. The highest BCUT2D eigenvalue weighted by Gasteiger charge is 2.29. The molecule has 0 unspecified atom stereocenters. The van der Waals surface area contributed by atoms with E-state index in [1.54, 1.807) is 6.07 Å². The molecule has 0 radical (unpaired) electrons. The third kappa shape index (κ3) is 1.93. The zero-order valence-corrected chi connectivity index (χ0v) is 10.2. The molecule has 4 nitrogen and oxygen atoms in total. The number of carbonyl (C=O) groups is 2. The number of hydrogen-bond acceptors (Lipinski definition) is 3. The fraction of sp³-hybridized carbons (Fsp3) is 0.429. The van der Waals surface area contributed by atoms with Crippen molar-refractivity contribution < 1.29 is 9.59 Å². The van der Waals surface area contributed by atoms with Gasteiger partial charge in [0.05, 0.1) is 11.1 Å². The summed E-state index contributed by atoms with van der Waals surface area (Å²) in [5, 5.41) is 2.36. The number of nitrogens with one attached hydrogen (secondary N) is 1. The van der Waals surface area contributed by atoms with Gasteiger partial charge >= 0.3 is 0 Å². The number of amides is 2. The Morgan fingerprint density at radius 3 is 2.61 bits per heavy atom. The Hall–Kier alpha value is -1.68. The Morgan fingerprint density at radius 1 is 1.06 bits per heavy atom. The largest absolute Gasteiger partial charge is 0.299 e. The minimum absolute atomic E-state index is 0.248. The van der Waals surface area contributed by atoms with Gasteiger partial charge in [-0.1, -0.05) is 18.6 Å². The molecule has 2 amide bonds. The van der Waals surface area contributed by atoms with Gasteiger partial charge in [0.2, 0.25) is 0 Å². The van der Waals surface area contributed by atoms with Crippen molar-refractivity contribution >= 4 is 11.8 Å². The van der Waals surface area contributed by atoms with E-state index in [1.807, 2.05) is 12.1 Å². The van der Waals surface area contributed by atoms with E-state index < -0.39 is 0 Å². The van der Waals surface area contributed by atoms with Crippen molar-refractivity contribution in [1.29, 1.82) is 0 Å². The lowest BCUT2D eigenvalue weighted by atomic mass is 10.0. The molecule has 4 heteroatoms. The predicted octanol–water partition coefficient (Wildman–Crippen LogP) is 1.56. The molecule has 94 valence electrons. The van der Waals surface area contributed by atoms with Crippen molar-refractivity contribution in [2.24, 2.45) is 0 Å². The van der Waals surface area contributed by atoms with Crippen molar-refractivity contribution in [3.05, 3.63) is 34.9 Å². The fourth-order valence-electron chi connectivity index (χ4n) is 2.78. The molecule has 1 saturated heterocycles. The molecule has 1 N–H and O–H groups in total. The van der Waals surface area contributed by atoms with Crippen LogP contribution in [0, 0.1) is 0 Å². The van der Waals surface area contributed by atoms with Crippen LogP contribution in [0.2, 0.25) is 0 Å². The van der Waals surface area contributed by atoms with Crippen LogP contribution in [0.25, 0.3) is 0 Å². The van der Waals surface area contributed by atoms with E-state index in [0.29, 0.717) is 11.1 Å². The summed E-state index contributed by atoms with van der Waals surface area (Å²) in [6, 6.07) is 5.52. The van der Waals surface area contributed by atoms with Crippen LogP contribution in [0.4, 0.5) is 0 Å². The third-order valence-electron chi connectivity index (χ3n) is 3.69. The van der Waals surface area contributed by atoms with Crippen LogP contribution in [-0.2, 0) is 6.54 Å². The maximum absolute atomic E-state index is 11.8. The smallest absolute Gasteiger partial charge is 0.259 e. The molecule has 0 spiro atoms. The number of piperidine rings is 1. The Kier molecular flexibility index (Phi) is 2.88. The lowest BCUT2D eigenvalue weighted by Gasteiger charge is -2.26. The summed E-state index contributed by atoms with van der Waals surface area (Å²) in [5.74, 6) is -0.516. The number of likely N-dealkylation sites (tertiary alicyclic amines) is 1. The van der Waals surface area contributed by atoms with Crippen molar-refractivity contribution in [3.8, 4) is 0 Å². The monoisotopic (exact) mass is 244 g/mol. The third-order valence-corrected chi connectivity index (χ3v) is 3.69. The first-order valence-corrected chi connectivity index (χ1v) is 6.45. The minimum Gasteiger partial charge on any atom is -0.299 e. The first kappa shape index (κ1) is 11.4. The quantitative estimate of drug-likeness (QED) is 0.803. The number of rotatable bonds is 2. The minimum atomic E-state index is -0.268. The summed E-state index contributed by atoms with van der Waals surface area (Å²) in [7, 11) is 0. The van der Waals surface area contributed by atoms with Crippen LogP contribution in [0.1, 0.15) is 45.5 Å². The lowest BCUT2D eigenvalue weighted by Crippen LogP contribution is -2.30. The predicted molar refractivity (Wildman–Crippen MR) is 67.4 cm³/mol. The molecule has 2 heterocycles. The van der Waals surface area contributed by atoms with Gasteiger partial charge in [0.25, 0.3) is 11.8 Å². The zero-order chi connectivity index (χ0) is 12.5.